The first kappa shape index (κ1) is 10.7. The van der Waals surface area contributed by atoms with Gasteiger partial charge in [0, 0.05) is 37.3 Å². The topological polar surface area (TPSA) is 32.3 Å². The number of terminal acetylenes is 1. The smallest absolute Gasteiger partial charge is 0.253 e. The second-order valence-electron chi connectivity index (χ2n) is 3.76. The largest absolute Gasteiger partial charge is 0.336 e. The van der Waals surface area contributed by atoms with Crippen molar-refractivity contribution in [2.75, 3.05) is 26.2 Å². The molecule has 1 amide bonds. The average molecular weight is 214 g/mol. The second-order valence-corrected chi connectivity index (χ2v) is 3.76. The van der Waals surface area contributed by atoms with Gasteiger partial charge >= 0.3 is 0 Å². The first-order valence-corrected chi connectivity index (χ1v) is 5.38. The van der Waals surface area contributed by atoms with Crippen molar-refractivity contribution in [2.45, 2.75) is 0 Å². The summed E-state index contributed by atoms with van der Waals surface area (Å²) in [6.07, 6.45) is 5.27. The third kappa shape index (κ3) is 2.23. The maximum absolute atomic E-state index is 12.0. The molecule has 1 aromatic carbocycles. The Kier molecular flexibility index (Phi) is 3.23. The Morgan fingerprint density at radius 1 is 1.25 bits per heavy atom. The Labute approximate surface area is 95.5 Å². The van der Waals surface area contributed by atoms with Gasteiger partial charge in [-0.05, 0) is 24.3 Å². The van der Waals surface area contributed by atoms with Gasteiger partial charge in [-0.2, -0.15) is 0 Å². The number of amides is 1. The first-order chi connectivity index (χ1) is 7.81. The molecule has 0 saturated carbocycles. The Bertz CT molecular complexity index is 411. The molecule has 3 nitrogen and oxygen atoms in total. The van der Waals surface area contributed by atoms with E-state index in [1.807, 2.05) is 4.90 Å². The summed E-state index contributed by atoms with van der Waals surface area (Å²) < 4.78 is 0. The van der Waals surface area contributed by atoms with Crippen LogP contribution in [-0.4, -0.2) is 37.0 Å². The number of hydrogen-bond acceptors (Lipinski definition) is 2. The summed E-state index contributed by atoms with van der Waals surface area (Å²) in [5.74, 6) is 2.63. The predicted molar refractivity (Wildman–Crippen MR) is 63.2 cm³/mol. The minimum absolute atomic E-state index is 0.0880. The van der Waals surface area contributed by atoms with Crippen molar-refractivity contribution in [2.24, 2.45) is 0 Å². The zero-order chi connectivity index (χ0) is 11.4. The summed E-state index contributed by atoms with van der Waals surface area (Å²) in [5, 5.41) is 3.22. The van der Waals surface area contributed by atoms with Crippen LogP contribution in [0, 0.1) is 12.3 Å². The molecule has 82 valence electrons. The normalized spacial score (nSPS) is 15.6. The van der Waals surface area contributed by atoms with Gasteiger partial charge in [0.25, 0.3) is 5.91 Å². The quantitative estimate of drug-likeness (QED) is 0.698. The van der Waals surface area contributed by atoms with E-state index in [4.69, 9.17) is 6.42 Å². The summed E-state index contributed by atoms with van der Waals surface area (Å²) in [6.45, 7) is 3.29. The number of nitrogens with one attached hydrogen (secondary N) is 1. The highest BCUT2D eigenvalue weighted by atomic mass is 16.2. The molecule has 0 spiro atoms. The third-order valence-corrected chi connectivity index (χ3v) is 2.70. The van der Waals surface area contributed by atoms with Crippen LogP contribution in [0.25, 0.3) is 0 Å². The van der Waals surface area contributed by atoms with Crippen LogP contribution < -0.4 is 5.32 Å². The molecule has 0 atom stereocenters. The van der Waals surface area contributed by atoms with Crippen LogP contribution in [0.15, 0.2) is 24.3 Å². The average Bonchev–Trinajstić information content (AvgIpc) is 2.39. The third-order valence-electron chi connectivity index (χ3n) is 2.70. The molecule has 16 heavy (non-hydrogen) atoms. The van der Waals surface area contributed by atoms with E-state index in [0.717, 1.165) is 31.7 Å². The lowest BCUT2D eigenvalue weighted by Crippen LogP contribution is -2.46. The SMILES string of the molecule is C#Cc1ccc(C(=O)N2CCNCC2)cc1. The van der Waals surface area contributed by atoms with E-state index in [1.54, 1.807) is 24.3 Å². The number of carbonyl (C=O) groups excluding carboxylic acids is 1. The van der Waals surface area contributed by atoms with Gasteiger partial charge in [0.05, 0.1) is 0 Å². The number of carbonyl (C=O) groups is 1. The fourth-order valence-corrected chi connectivity index (χ4v) is 1.76. The molecule has 0 unspecified atom stereocenters. The Morgan fingerprint density at radius 3 is 2.44 bits per heavy atom. The minimum Gasteiger partial charge on any atom is -0.336 e. The van der Waals surface area contributed by atoms with Crippen molar-refractivity contribution in [1.82, 2.24) is 10.2 Å². The van der Waals surface area contributed by atoms with E-state index in [9.17, 15) is 4.79 Å². The molecular weight excluding hydrogens is 200 g/mol. The Hall–Kier alpha value is -1.79. The highest BCUT2D eigenvalue weighted by Crippen LogP contribution is 2.07. The van der Waals surface area contributed by atoms with Gasteiger partial charge in [0.1, 0.15) is 0 Å². The van der Waals surface area contributed by atoms with Crippen LogP contribution in [0.3, 0.4) is 0 Å². The Morgan fingerprint density at radius 2 is 1.88 bits per heavy atom. The van der Waals surface area contributed by atoms with Crippen molar-refractivity contribution in [3.05, 3.63) is 35.4 Å². The van der Waals surface area contributed by atoms with Crippen LogP contribution in [0.5, 0.6) is 0 Å². The lowest BCUT2D eigenvalue weighted by Gasteiger charge is -2.27. The fourth-order valence-electron chi connectivity index (χ4n) is 1.76. The van der Waals surface area contributed by atoms with Crippen molar-refractivity contribution in [3.8, 4) is 12.3 Å². The standard InChI is InChI=1S/C13H14N2O/c1-2-11-3-5-12(6-4-11)13(16)15-9-7-14-8-10-15/h1,3-6,14H,7-10H2. The number of benzene rings is 1. The van der Waals surface area contributed by atoms with E-state index in [2.05, 4.69) is 11.2 Å². The van der Waals surface area contributed by atoms with E-state index < -0.39 is 0 Å². The molecule has 0 radical (unpaired) electrons. The first-order valence-electron chi connectivity index (χ1n) is 5.38. The van der Waals surface area contributed by atoms with Gasteiger partial charge in [0.15, 0.2) is 0 Å². The summed E-state index contributed by atoms with van der Waals surface area (Å²) >= 11 is 0. The molecule has 2 rings (SSSR count). The van der Waals surface area contributed by atoms with Crippen LogP contribution in [0.4, 0.5) is 0 Å². The van der Waals surface area contributed by atoms with Crippen LogP contribution >= 0.6 is 0 Å². The maximum Gasteiger partial charge on any atom is 0.253 e. The molecule has 1 aliphatic heterocycles. The summed E-state index contributed by atoms with van der Waals surface area (Å²) in [6, 6.07) is 7.18. The van der Waals surface area contributed by atoms with Crippen molar-refractivity contribution in [3.63, 3.8) is 0 Å². The van der Waals surface area contributed by atoms with Gasteiger partial charge < -0.3 is 10.2 Å². The Balaban J connectivity index is 2.11. The molecule has 0 aromatic heterocycles. The minimum atomic E-state index is 0.0880. The summed E-state index contributed by atoms with van der Waals surface area (Å²) in [4.78, 5) is 13.9. The maximum atomic E-state index is 12.0. The fraction of sp³-hybridized carbons (Fsp3) is 0.308. The molecule has 1 heterocycles. The number of nitrogens with zero attached hydrogens (tertiary/aromatic N) is 1. The van der Waals surface area contributed by atoms with Crippen molar-refractivity contribution < 1.29 is 4.79 Å². The lowest BCUT2D eigenvalue weighted by atomic mass is 10.1. The van der Waals surface area contributed by atoms with E-state index >= 15 is 0 Å². The van der Waals surface area contributed by atoms with Gasteiger partial charge in [-0.15, -0.1) is 6.42 Å². The van der Waals surface area contributed by atoms with Gasteiger partial charge in [-0.1, -0.05) is 5.92 Å². The zero-order valence-electron chi connectivity index (χ0n) is 9.07. The van der Waals surface area contributed by atoms with E-state index in [1.165, 1.54) is 0 Å². The molecular formula is C13H14N2O. The highest BCUT2D eigenvalue weighted by molar-refractivity contribution is 5.94. The molecule has 1 aromatic rings. The van der Waals surface area contributed by atoms with Crippen LogP contribution in [0.1, 0.15) is 15.9 Å². The molecule has 1 saturated heterocycles. The summed E-state index contributed by atoms with van der Waals surface area (Å²) in [7, 11) is 0. The van der Waals surface area contributed by atoms with E-state index in [0.29, 0.717) is 5.56 Å². The number of hydrogen-bond donors (Lipinski definition) is 1. The molecule has 3 heteroatoms. The van der Waals surface area contributed by atoms with Gasteiger partial charge in [0.2, 0.25) is 0 Å². The highest BCUT2D eigenvalue weighted by Gasteiger charge is 2.17. The molecule has 0 aliphatic carbocycles. The van der Waals surface area contributed by atoms with Crippen LogP contribution in [-0.2, 0) is 0 Å². The number of rotatable bonds is 1. The molecule has 1 aliphatic rings. The predicted octanol–water partition coefficient (Wildman–Crippen LogP) is 0.713. The lowest BCUT2D eigenvalue weighted by molar-refractivity contribution is 0.0736. The van der Waals surface area contributed by atoms with E-state index in [-0.39, 0.29) is 5.91 Å². The summed E-state index contributed by atoms with van der Waals surface area (Å²) in [5.41, 5.74) is 1.51. The molecule has 0 bridgehead atoms. The molecule has 1 N–H and O–H groups in total. The van der Waals surface area contributed by atoms with Crippen LogP contribution in [0.2, 0.25) is 0 Å². The van der Waals surface area contributed by atoms with Crippen molar-refractivity contribution >= 4 is 5.91 Å². The monoisotopic (exact) mass is 214 g/mol. The molecule has 1 fully saturated rings. The van der Waals surface area contributed by atoms with Gasteiger partial charge in [-0.25, -0.2) is 0 Å². The van der Waals surface area contributed by atoms with Crippen molar-refractivity contribution in [1.29, 1.82) is 0 Å². The zero-order valence-corrected chi connectivity index (χ0v) is 9.07. The second kappa shape index (κ2) is 4.82. The number of piperazine rings is 1. The van der Waals surface area contributed by atoms with Gasteiger partial charge in [-0.3, -0.25) is 4.79 Å².